The molecule has 5 heteroatoms. The molecule has 0 bridgehead atoms. The van der Waals surface area contributed by atoms with Gasteiger partial charge in [0.05, 0.1) is 14.2 Å². The average Bonchev–Trinajstić information content (AvgIpc) is 2.49. The number of para-hydroxylation sites is 1. The van der Waals surface area contributed by atoms with Gasteiger partial charge in [0, 0.05) is 16.1 Å². The third-order valence-corrected chi connectivity index (χ3v) is 4.03. The van der Waals surface area contributed by atoms with Gasteiger partial charge in [-0.15, -0.1) is 0 Å². The normalized spacial score (nSPS) is 12.0. The Bertz CT molecular complexity index is 634. The van der Waals surface area contributed by atoms with E-state index in [0.717, 1.165) is 11.1 Å². The standard InChI is InChI=1S/C16H17BrFNO2/c1-20-15-5-3-4-12(16(15)21-2)14(19)8-10-6-7-11(18)9-13(10)17/h3-7,9,14H,8,19H2,1-2H3. The van der Waals surface area contributed by atoms with Crippen molar-refractivity contribution in [3.05, 3.63) is 57.8 Å². The van der Waals surface area contributed by atoms with Gasteiger partial charge in [-0.3, -0.25) is 0 Å². The van der Waals surface area contributed by atoms with Crippen LogP contribution < -0.4 is 15.2 Å². The van der Waals surface area contributed by atoms with E-state index >= 15 is 0 Å². The second-order valence-electron chi connectivity index (χ2n) is 4.63. The molecule has 0 amide bonds. The highest BCUT2D eigenvalue weighted by Crippen LogP contribution is 2.35. The molecule has 3 nitrogen and oxygen atoms in total. The first kappa shape index (κ1) is 15.8. The van der Waals surface area contributed by atoms with Gasteiger partial charge in [-0.05, 0) is 30.2 Å². The van der Waals surface area contributed by atoms with Gasteiger partial charge < -0.3 is 15.2 Å². The van der Waals surface area contributed by atoms with Gasteiger partial charge in [-0.2, -0.15) is 0 Å². The van der Waals surface area contributed by atoms with E-state index in [9.17, 15) is 4.39 Å². The van der Waals surface area contributed by atoms with Gasteiger partial charge in [0.2, 0.25) is 0 Å². The molecule has 0 saturated carbocycles. The quantitative estimate of drug-likeness (QED) is 0.887. The summed E-state index contributed by atoms with van der Waals surface area (Å²) in [6, 6.07) is 9.91. The van der Waals surface area contributed by atoms with Crippen LogP contribution in [0.25, 0.3) is 0 Å². The van der Waals surface area contributed by atoms with E-state index in [4.69, 9.17) is 15.2 Å². The molecule has 0 aliphatic carbocycles. The Balaban J connectivity index is 2.30. The van der Waals surface area contributed by atoms with Crippen molar-refractivity contribution >= 4 is 15.9 Å². The van der Waals surface area contributed by atoms with E-state index in [-0.39, 0.29) is 11.9 Å². The third kappa shape index (κ3) is 3.54. The molecule has 112 valence electrons. The summed E-state index contributed by atoms with van der Waals surface area (Å²) in [6.07, 6.45) is 0.560. The topological polar surface area (TPSA) is 44.5 Å². The molecule has 0 aromatic heterocycles. The first-order valence-electron chi connectivity index (χ1n) is 6.47. The van der Waals surface area contributed by atoms with Crippen LogP contribution in [0, 0.1) is 5.82 Å². The maximum atomic E-state index is 13.1. The Morgan fingerprint density at radius 1 is 1.19 bits per heavy atom. The Kier molecular flexibility index (Phi) is 5.20. The minimum Gasteiger partial charge on any atom is -0.493 e. The number of hydrogen-bond acceptors (Lipinski definition) is 3. The highest BCUT2D eigenvalue weighted by Gasteiger charge is 2.17. The van der Waals surface area contributed by atoms with Crippen LogP contribution in [-0.4, -0.2) is 14.2 Å². The van der Waals surface area contributed by atoms with Crippen molar-refractivity contribution < 1.29 is 13.9 Å². The second kappa shape index (κ2) is 6.91. The molecular formula is C16H17BrFNO2. The summed E-state index contributed by atoms with van der Waals surface area (Å²) in [5.41, 5.74) is 8.08. The number of benzene rings is 2. The van der Waals surface area contributed by atoms with Crippen LogP contribution in [-0.2, 0) is 6.42 Å². The fraction of sp³-hybridized carbons (Fsp3) is 0.250. The largest absolute Gasteiger partial charge is 0.493 e. The van der Waals surface area contributed by atoms with E-state index < -0.39 is 0 Å². The van der Waals surface area contributed by atoms with Gasteiger partial charge in [0.15, 0.2) is 11.5 Å². The first-order valence-corrected chi connectivity index (χ1v) is 7.26. The summed E-state index contributed by atoms with van der Waals surface area (Å²) in [7, 11) is 3.17. The molecule has 0 spiro atoms. The third-order valence-electron chi connectivity index (χ3n) is 3.29. The van der Waals surface area contributed by atoms with Crippen molar-refractivity contribution in [1.29, 1.82) is 0 Å². The molecule has 21 heavy (non-hydrogen) atoms. The molecule has 2 aromatic carbocycles. The summed E-state index contributed by atoms with van der Waals surface area (Å²) in [6.45, 7) is 0. The second-order valence-corrected chi connectivity index (χ2v) is 5.48. The molecule has 0 saturated heterocycles. The summed E-state index contributed by atoms with van der Waals surface area (Å²) >= 11 is 3.36. The average molecular weight is 354 g/mol. The maximum Gasteiger partial charge on any atom is 0.165 e. The van der Waals surface area contributed by atoms with Gasteiger partial charge >= 0.3 is 0 Å². The smallest absolute Gasteiger partial charge is 0.165 e. The van der Waals surface area contributed by atoms with Gasteiger partial charge in [0.25, 0.3) is 0 Å². The van der Waals surface area contributed by atoms with Crippen molar-refractivity contribution in [3.8, 4) is 11.5 Å². The summed E-state index contributed by atoms with van der Waals surface area (Å²) in [5, 5.41) is 0. The zero-order valence-electron chi connectivity index (χ0n) is 11.9. The van der Waals surface area contributed by atoms with Crippen molar-refractivity contribution in [1.82, 2.24) is 0 Å². The molecule has 0 aliphatic rings. The monoisotopic (exact) mass is 353 g/mol. The number of methoxy groups -OCH3 is 2. The van der Waals surface area contributed by atoms with Crippen molar-refractivity contribution in [2.24, 2.45) is 5.73 Å². The highest BCUT2D eigenvalue weighted by molar-refractivity contribution is 9.10. The molecule has 0 heterocycles. The molecular weight excluding hydrogens is 337 g/mol. The molecule has 0 aliphatic heterocycles. The van der Waals surface area contributed by atoms with E-state index in [1.165, 1.54) is 12.1 Å². The van der Waals surface area contributed by atoms with Gasteiger partial charge in [0.1, 0.15) is 5.82 Å². The van der Waals surface area contributed by atoms with Crippen LogP contribution >= 0.6 is 15.9 Å². The molecule has 1 atom stereocenters. The molecule has 2 N–H and O–H groups in total. The minimum absolute atomic E-state index is 0.279. The van der Waals surface area contributed by atoms with Crippen LogP contribution in [0.15, 0.2) is 40.9 Å². The van der Waals surface area contributed by atoms with E-state index in [1.54, 1.807) is 20.3 Å². The lowest BCUT2D eigenvalue weighted by molar-refractivity contribution is 0.349. The highest BCUT2D eigenvalue weighted by atomic mass is 79.9. The maximum absolute atomic E-state index is 13.1. The SMILES string of the molecule is COc1cccc(C(N)Cc2ccc(F)cc2Br)c1OC. The van der Waals surface area contributed by atoms with E-state index in [0.29, 0.717) is 22.4 Å². The van der Waals surface area contributed by atoms with Crippen LogP contribution in [0.5, 0.6) is 11.5 Å². The molecule has 0 fully saturated rings. The molecule has 1 unspecified atom stereocenters. The Morgan fingerprint density at radius 2 is 1.95 bits per heavy atom. The number of ether oxygens (including phenoxy) is 2. The number of rotatable bonds is 5. The van der Waals surface area contributed by atoms with Crippen molar-refractivity contribution in [2.45, 2.75) is 12.5 Å². The van der Waals surface area contributed by atoms with Gasteiger partial charge in [-0.1, -0.05) is 34.1 Å². The molecule has 2 rings (SSSR count). The van der Waals surface area contributed by atoms with Crippen LogP contribution in [0.4, 0.5) is 4.39 Å². The fourth-order valence-corrected chi connectivity index (χ4v) is 2.75. The van der Waals surface area contributed by atoms with E-state index in [2.05, 4.69) is 15.9 Å². The molecule has 0 radical (unpaired) electrons. The lowest BCUT2D eigenvalue weighted by atomic mass is 9.98. The first-order chi connectivity index (χ1) is 10.1. The van der Waals surface area contributed by atoms with Crippen LogP contribution in [0.2, 0.25) is 0 Å². The zero-order chi connectivity index (χ0) is 15.4. The number of nitrogens with two attached hydrogens (primary N) is 1. The lowest BCUT2D eigenvalue weighted by Crippen LogP contribution is -2.15. The zero-order valence-corrected chi connectivity index (χ0v) is 13.5. The number of halogens is 2. The Morgan fingerprint density at radius 3 is 2.57 bits per heavy atom. The summed E-state index contributed by atoms with van der Waals surface area (Å²) < 4.78 is 24.5. The lowest BCUT2D eigenvalue weighted by Gasteiger charge is -2.18. The fourth-order valence-electron chi connectivity index (χ4n) is 2.24. The number of hydrogen-bond donors (Lipinski definition) is 1. The van der Waals surface area contributed by atoms with E-state index in [1.807, 2.05) is 18.2 Å². The van der Waals surface area contributed by atoms with Gasteiger partial charge in [-0.25, -0.2) is 4.39 Å². The minimum atomic E-state index is -0.281. The Labute approximate surface area is 132 Å². The van der Waals surface area contributed by atoms with Crippen molar-refractivity contribution in [3.63, 3.8) is 0 Å². The van der Waals surface area contributed by atoms with Crippen LogP contribution in [0.1, 0.15) is 17.2 Å². The predicted molar refractivity (Wildman–Crippen MR) is 84.3 cm³/mol. The van der Waals surface area contributed by atoms with Crippen molar-refractivity contribution in [2.75, 3.05) is 14.2 Å². The predicted octanol–water partition coefficient (Wildman–Crippen LogP) is 3.85. The Hall–Kier alpha value is -1.59. The molecule has 2 aromatic rings. The summed E-state index contributed by atoms with van der Waals surface area (Å²) in [5.74, 6) is 0.993. The summed E-state index contributed by atoms with van der Waals surface area (Å²) in [4.78, 5) is 0. The van der Waals surface area contributed by atoms with Crippen LogP contribution in [0.3, 0.4) is 0 Å².